The number of hydrogen-bond acceptors (Lipinski definition) is 5. The summed E-state index contributed by atoms with van der Waals surface area (Å²) in [6.45, 7) is 4.11. The van der Waals surface area contributed by atoms with Gasteiger partial charge in [-0.05, 0) is 35.9 Å². The van der Waals surface area contributed by atoms with Crippen LogP contribution < -0.4 is 15.1 Å². The van der Waals surface area contributed by atoms with Crippen LogP contribution in [-0.4, -0.2) is 36.1 Å². The predicted molar refractivity (Wildman–Crippen MR) is 107 cm³/mol. The van der Waals surface area contributed by atoms with Crippen LogP contribution in [0.25, 0.3) is 0 Å². The molecule has 1 fully saturated rings. The SMILES string of the molecule is Fc1ccc(N2CCN(c3nccc(NCc4ccccc4)n3)CC2)cc1. The average molecular weight is 363 g/mol. The van der Waals surface area contributed by atoms with Crippen molar-refractivity contribution in [1.82, 2.24) is 9.97 Å². The normalized spacial score (nSPS) is 14.3. The fourth-order valence-corrected chi connectivity index (χ4v) is 3.20. The van der Waals surface area contributed by atoms with Crippen molar-refractivity contribution in [2.75, 3.05) is 41.3 Å². The van der Waals surface area contributed by atoms with E-state index in [-0.39, 0.29) is 5.82 Å². The van der Waals surface area contributed by atoms with Gasteiger partial charge in [0.15, 0.2) is 0 Å². The molecule has 138 valence electrons. The number of benzene rings is 2. The molecule has 3 aromatic rings. The first-order valence-corrected chi connectivity index (χ1v) is 9.14. The van der Waals surface area contributed by atoms with Gasteiger partial charge in [0, 0.05) is 44.6 Å². The van der Waals surface area contributed by atoms with Crippen molar-refractivity contribution in [1.29, 1.82) is 0 Å². The first kappa shape index (κ1) is 17.3. The van der Waals surface area contributed by atoms with Crippen LogP contribution in [0.15, 0.2) is 66.9 Å². The summed E-state index contributed by atoms with van der Waals surface area (Å²) in [6, 6.07) is 18.8. The van der Waals surface area contributed by atoms with E-state index in [1.54, 1.807) is 6.20 Å². The molecular formula is C21H22FN5. The van der Waals surface area contributed by atoms with Gasteiger partial charge in [-0.15, -0.1) is 0 Å². The molecule has 0 amide bonds. The van der Waals surface area contributed by atoms with Gasteiger partial charge in [-0.2, -0.15) is 4.98 Å². The molecule has 0 aliphatic carbocycles. The summed E-state index contributed by atoms with van der Waals surface area (Å²) in [4.78, 5) is 13.5. The zero-order valence-electron chi connectivity index (χ0n) is 15.1. The van der Waals surface area contributed by atoms with Crippen LogP contribution in [-0.2, 0) is 6.54 Å². The zero-order chi connectivity index (χ0) is 18.5. The summed E-state index contributed by atoms with van der Waals surface area (Å²) in [6.07, 6.45) is 1.79. The van der Waals surface area contributed by atoms with Crippen LogP contribution in [0.2, 0.25) is 0 Å². The minimum absolute atomic E-state index is 0.203. The molecule has 0 unspecified atom stereocenters. The molecule has 6 heteroatoms. The van der Waals surface area contributed by atoms with E-state index >= 15 is 0 Å². The molecule has 0 atom stereocenters. The highest BCUT2D eigenvalue weighted by molar-refractivity contribution is 5.49. The van der Waals surface area contributed by atoms with Gasteiger partial charge in [0.25, 0.3) is 0 Å². The number of aromatic nitrogens is 2. The van der Waals surface area contributed by atoms with Crippen molar-refractivity contribution in [3.05, 3.63) is 78.2 Å². The number of nitrogens with one attached hydrogen (secondary N) is 1. The third-order valence-corrected chi connectivity index (χ3v) is 4.71. The van der Waals surface area contributed by atoms with E-state index in [1.165, 1.54) is 17.7 Å². The minimum atomic E-state index is -0.203. The Morgan fingerprint density at radius 3 is 2.30 bits per heavy atom. The minimum Gasteiger partial charge on any atom is -0.368 e. The van der Waals surface area contributed by atoms with Crippen LogP contribution in [0.1, 0.15) is 5.56 Å². The Labute approximate surface area is 158 Å². The van der Waals surface area contributed by atoms with E-state index in [1.807, 2.05) is 36.4 Å². The van der Waals surface area contributed by atoms with E-state index < -0.39 is 0 Å². The average Bonchev–Trinajstić information content (AvgIpc) is 2.74. The zero-order valence-corrected chi connectivity index (χ0v) is 15.1. The summed E-state index contributed by atoms with van der Waals surface area (Å²) < 4.78 is 13.1. The molecule has 1 aliphatic heterocycles. The smallest absolute Gasteiger partial charge is 0.227 e. The Morgan fingerprint density at radius 1 is 0.852 bits per heavy atom. The second kappa shape index (κ2) is 8.03. The number of rotatable bonds is 5. The van der Waals surface area contributed by atoms with Gasteiger partial charge in [0.05, 0.1) is 0 Å². The Morgan fingerprint density at radius 2 is 1.56 bits per heavy atom. The number of piperazine rings is 1. The number of anilines is 3. The highest BCUT2D eigenvalue weighted by Gasteiger charge is 2.19. The summed E-state index contributed by atoms with van der Waals surface area (Å²) in [5.74, 6) is 1.36. The highest BCUT2D eigenvalue weighted by atomic mass is 19.1. The van der Waals surface area contributed by atoms with Gasteiger partial charge in [0.2, 0.25) is 5.95 Å². The van der Waals surface area contributed by atoms with Gasteiger partial charge in [0.1, 0.15) is 11.6 Å². The first-order chi connectivity index (χ1) is 13.3. The maximum atomic E-state index is 13.1. The molecule has 2 heterocycles. The second-order valence-corrected chi connectivity index (χ2v) is 6.53. The molecule has 1 aliphatic rings. The highest BCUT2D eigenvalue weighted by Crippen LogP contribution is 2.19. The van der Waals surface area contributed by atoms with Crippen molar-refractivity contribution in [3.63, 3.8) is 0 Å². The summed E-state index contributed by atoms with van der Waals surface area (Å²) in [5, 5.41) is 3.36. The fourth-order valence-electron chi connectivity index (χ4n) is 3.20. The quantitative estimate of drug-likeness (QED) is 0.751. The van der Waals surface area contributed by atoms with Crippen molar-refractivity contribution in [2.45, 2.75) is 6.54 Å². The van der Waals surface area contributed by atoms with Crippen molar-refractivity contribution < 1.29 is 4.39 Å². The standard InChI is InChI=1S/C21H22FN5/c22-18-6-8-19(9-7-18)26-12-14-27(15-13-26)21-23-11-10-20(25-21)24-16-17-4-2-1-3-5-17/h1-11H,12-16H2,(H,23,24,25). The molecule has 5 nitrogen and oxygen atoms in total. The second-order valence-electron chi connectivity index (χ2n) is 6.53. The molecule has 1 N–H and O–H groups in total. The van der Waals surface area contributed by atoms with Crippen LogP contribution in [0, 0.1) is 5.82 Å². The van der Waals surface area contributed by atoms with Crippen LogP contribution in [0.3, 0.4) is 0 Å². The molecule has 2 aromatic carbocycles. The Hall–Kier alpha value is -3.15. The maximum absolute atomic E-state index is 13.1. The molecule has 0 radical (unpaired) electrons. The third kappa shape index (κ3) is 4.34. The maximum Gasteiger partial charge on any atom is 0.227 e. The predicted octanol–water partition coefficient (Wildman–Crippen LogP) is 3.55. The lowest BCUT2D eigenvalue weighted by Gasteiger charge is -2.36. The lowest BCUT2D eigenvalue weighted by molar-refractivity contribution is 0.623. The molecule has 27 heavy (non-hydrogen) atoms. The number of hydrogen-bond donors (Lipinski definition) is 1. The van der Waals surface area contributed by atoms with Crippen molar-refractivity contribution in [2.24, 2.45) is 0 Å². The summed E-state index contributed by atoms with van der Waals surface area (Å²) >= 11 is 0. The molecule has 0 saturated carbocycles. The molecular weight excluding hydrogens is 341 g/mol. The van der Waals surface area contributed by atoms with Crippen LogP contribution >= 0.6 is 0 Å². The number of nitrogens with zero attached hydrogens (tertiary/aromatic N) is 4. The van der Waals surface area contributed by atoms with Gasteiger partial charge < -0.3 is 15.1 Å². The van der Waals surface area contributed by atoms with Crippen molar-refractivity contribution in [3.8, 4) is 0 Å². The summed E-state index contributed by atoms with van der Waals surface area (Å²) in [7, 11) is 0. The molecule has 0 bridgehead atoms. The lowest BCUT2D eigenvalue weighted by Crippen LogP contribution is -2.47. The third-order valence-electron chi connectivity index (χ3n) is 4.71. The molecule has 1 saturated heterocycles. The van der Waals surface area contributed by atoms with E-state index in [2.05, 4.69) is 37.2 Å². The Kier molecular flexibility index (Phi) is 5.14. The summed E-state index contributed by atoms with van der Waals surface area (Å²) in [5.41, 5.74) is 2.26. The van der Waals surface area contributed by atoms with E-state index in [4.69, 9.17) is 0 Å². The Bertz CT molecular complexity index is 861. The van der Waals surface area contributed by atoms with Gasteiger partial charge in [-0.3, -0.25) is 0 Å². The van der Waals surface area contributed by atoms with E-state index in [9.17, 15) is 4.39 Å². The van der Waals surface area contributed by atoms with E-state index in [0.29, 0.717) is 0 Å². The van der Waals surface area contributed by atoms with Crippen molar-refractivity contribution >= 4 is 17.5 Å². The van der Waals surface area contributed by atoms with Crippen LogP contribution in [0.4, 0.5) is 21.8 Å². The molecule has 1 aromatic heterocycles. The van der Waals surface area contributed by atoms with Crippen LogP contribution in [0.5, 0.6) is 0 Å². The monoisotopic (exact) mass is 363 g/mol. The lowest BCUT2D eigenvalue weighted by atomic mass is 10.2. The van der Waals surface area contributed by atoms with Gasteiger partial charge in [-0.25, -0.2) is 9.37 Å². The van der Waals surface area contributed by atoms with Gasteiger partial charge >= 0.3 is 0 Å². The van der Waals surface area contributed by atoms with Gasteiger partial charge in [-0.1, -0.05) is 30.3 Å². The largest absolute Gasteiger partial charge is 0.368 e. The fraction of sp³-hybridized carbons (Fsp3) is 0.238. The molecule has 4 rings (SSSR count). The Balaban J connectivity index is 1.36. The number of halogens is 1. The van der Waals surface area contributed by atoms with E-state index in [0.717, 1.165) is 50.2 Å². The molecule has 0 spiro atoms. The topological polar surface area (TPSA) is 44.3 Å². The first-order valence-electron chi connectivity index (χ1n) is 9.14.